The van der Waals surface area contributed by atoms with E-state index in [9.17, 15) is 8.42 Å². The Hall–Kier alpha value is -1.69. The van der Waals surface area contributed by atoms with Gasteiger partial charge in [-0.2, -0.15) is 0 Å². The average molecular weight is 334 g/mol. The Labute approximate surface area is 139 Å². The Morgan fingerprint density at radius 1 is 0.565 bits per heavy atom. The van der Waals surface area contributed by atoms with Gasteiger partial charge in [-0.25, -0.2) is 8.42 Å². The van der Waals surface area contributed by atoms with Crippen LogP contribution in [-0.4, -0.2) is 50.7 Å². The van der Waals surface area contributed by atoms with Gasteiger partial charge in [0.2, 0.25) is 9.84 Å². The van der Waals surface area contributed by atoms with Crippen LogP contribution >= 0.6 is 0 Å². The zero-order chi connectivity index (χ0) is 17.5. The third-order valence-corrected chi connectivity index (χ3v) is 5.63. The first-order chi connectivity index (χ1) is 10.4. The minimum Gasteiger partial charge on any atom is -0.298 e. The molecule has 0 bridgehead atoms. The SMILES string of the molecule is C[N+](C)(C)c1ccc(S(=O)(=O)c2ccc([N+](C)(C)C)cc2)cc1. The maximum absolute atomic E-state index is 12.7. The quantitative estimate of drug-likeness (QED) is 0.806. The zero-order valence-corrected chi connectivity index (χ0v) is 15.6. The summed E-state index contributed by atoms with van der Waals surface area (Å²) in [7, 11) is 8.81. The molecule has 0 radical (unpaired) electrons. The molecule has 2 rings (SSSR count). The second-order valence-corrected chi connectivity index (χ2v) is 9.47. The number of quaternary nitrogens is 2. The van der Waals surface area contributed by atoms with Gasteiger partial charge in [-0.05, 0) is 24.3 Å². The molecule has 5 heteroatoms. The number of hydrogen-bond donors (Lipinski definition) is 0. The van der Waals surface area contributed by atoms with Crippen molar-refractivity contribution in [2.45, 2.75) is 9.79 Å². The molecule has 124 valence electrons. The highest BCUT2D eigenvalue weighted by atomic mass is 32.2. The minimum atomic E-state index is -3.48. The summed E-state index contributed by atoms with van der Waals surface area (Å²) in [5.41, 5.74) is 2.12. The Kier molecular flexibility index (Phi) is 4.41. The summed E-state index contributed by atoms with van der Waals surface area (Å²) in [6, 6.07) is 14.2. The number of nitrogens with zero attached hydrogens (tertiary/aromatic N) is 2. The maximum atomic E-state index is 12.7. The van der Waals surface area contributed by atoms with Crippen LogP contribution in [0.4, 0.5) is 11.4 Å². The van der Waals surface area contributed by atoms with Crippen molar-refractivity contribution in [2.24, 2.45) is 0 Å². The molecule has 0 aliphatic rings. The highest BCUT2D eigenvalue weighted by Gasteiger charge is 2.21. The van der Waals surface area contributed by atoms with Crippen LogP contribution in [0.1, 0.15) is 0 Å². The standard InChI is InChI=1S/C18H26N2O2S/c1-19(2,3)15-7-11-17(12-8-15)23(21,22)18-13-9-16(10-14-18)20(4,5)6/h7-14H,1-6H3/q+2. The van der Waals surface area contributed by atoms with Crippen molar-refractivity contribution in [1.82, 2.24) is 8.97 Å². The molecule has 0 saturated carbocycles. The lowest BCUT2D eigenvalue weighted by atomic mass is 10.3. The molecule has 0 aromatic heterocycles. The van der Waals surface area contributed by atoms with E-state index in [-0.39, 0.29) is 0 Å². The van der Waals surface area contributed by atoms with Crippen LogP contribution in [0.5, 0.6) is 0 Å². The van der Waals surface area contributed by atoms with Crippen LogP contribution < -0.4 is 8.97 Å². The Morgan fingerprint density at radius 2 is 0.826 bits per heavy atom. The summed E-state index contributed by atoms with van der Waals surface area (Å²) in [4.78, 5) is 0.653. The average Bonchev–Trinajstić information content (AvgIpc) is 2.46. The highest BCUT2D eigenvalue weighted by molar-refractivity contribution is 7.91. The van der Waals surface area contributed by atoms with Crippen LogP contribution in [-0.2, 0) is 9.84 Å². The molecule has 0 atom stereocenters. The van der Waals surface area contributed by atoms with E-state index in [4.69, 9.17) is 0 Å². The van der Waals surface area contributed by atoms with Crippen molar-refractivity contribution < 1.29 is 8.42 Å². The highest BCUT2D eigenvalue weighted by Crippen LogP contribution is 2.26. The summed E-state index contributed by atoms with van der Waals surface area (Å²) < 4.78 is 26.8. The molecule has 0 spiro atoms. The number of sulfone groups is 1. The Bertz CT molecular complexity index is 715. The van der Waals surface area contributed by atoms with E-state index in [2.05, 4.69) is 0 Å². The first-order valence-corrected chi connectivity index (χ1v) is 9.00. The molecule has 0 amide bonds. The molecule has 23 heavy (non-hydrogen) atoms. The van der Waals surface area contributed by atoms with Gasteiger partial charge >= 0.3 is 0 Å². The smallest absolute Gasteiger partial charge is 0.206 e. The lowest BCUT2D eigenvalue weighted by Crippen LogP contribution is -2.34. The first kappa shape index (κ1) is 17.7. The third kappa shape index (κ3) is 3.80. The van der Waals surface area contributed by atoms with E-state index < -0.39 is 9.84 Å². The van der Waals surface area contributed by atoms with Crippen LogP contribution in [0.2, 0.25) is 0 Å². The Morgan fingerprint density at radius 3 is 1.04 bits per heavy atom. The second kappa shape index (κ2) is 5.74. The van der Waals surface area contributed by atoms with E-state index >= 15 is 0 Å². The summed E-state index contributed by atoms with van der Waals surface area (Å²) >= 11 is 0. The van der Waals surface area contributed by atoms with Crippen LogP contribution in [0.25, 0.3) is 0 Å². The molecular weight excluding hydrogens is 308 g/mol. The van der Waals surface area contributed by atoms with Gasteiger partial charge in [0.05, 0.1) is 52.1 Å². The Balaban J connectivity index is 2.39. The van der Waals surface area contributed by atoms with Gasteiger partial charge in [0.1, 0.15) is 11.4 Å². The monoisotopic (exact) mass is 334 g/mol. The fourth-order valence-corrected chi connectivity index (χ4v) is 3.54. The molecule has 0 N–H and O–H groups in total. The molecule has 4 nitrogen and oxygen atoms in total. The van der Waals surface area contributed by atoms with E-state index in [1.54, 1.807) is 24.3 Å². The molecule has 2 aromatic rings. The van der Waals surface area contributed by atoms with Crippen molar-refractivity contribution in [3.05, 3.63) is 48.5 Å². The number of benzene rings is 2. The van der Waals surface area contributed by atoms with Gasteiger partial charge in [-0.3, -0.25) is 8.97 Å². The van der Waals surface area contributed by atoms with Crippen molar-refractivity contribution in [2.75, 3.05) is 42.3 Å². The van der Waals surface area contributed by atoms with E-state index in [0.717, 1.165) is 11.4 Å². The van der Waals surface area contributed by atoms with Gasteiger partial charge in [0.25, 0.3) is 0 Å². The summed E-state index contributed by atoms with van der Waals surface area (Å²) in [6.45, 7) is 0. The van der Waals surface area contributed by atoms with Crippen LogP contribution in [0.15, 0.2) is 58.3 Å². The van der Waals surface area contributed by atoms with E-state index in [1.807, 2.05) is 66.6 Å². The van der Waals surface area contributed by atoms with E-state index in [0.29, 0.717) is 18.8 Å². The predicted molar refractivity (Wildman–Crippen MR) is 97.5 cm³/mol. The summed E-state index contributed by atoms with van der Waals surface area (Å²) in [6.07, 6.45) is 0. The molecule has 0 fully saturated rings. The van der Waals surface area contributed by atoms with Crippen molar-refractivity contribution >= 4 is 21.2 Å². The minimum absolute atomic E-state index is 0.327. The lowest BCUT2D eigenvalue weighted by Gasteiger charge is -2.23. The van der Waals surface area contributed by atoms with E-state index in [1.165, 1.54) is 0 Å². The molecule has 2 aromatic carbocycles. The van der Waals surface area contributed by atoms with Crippen molar-refractivity contribution in [1.29, 1.82) is 0 Å². The summed E-state index contributed by atoms with van der Waals surface area (Å²) in [5, 5.41) is 0. The van der Waals surface area contributed by atoms with Crippen molar-refractivity contribution in [3.63, 3.8) is 0 Å². The zero-order valence-electron chi connectivity index (χ0n) is 14.7. The fourth-order valence-electron chi connectivity index (χ4n) is 2.28. The molecular formula is C18H26N2O2S+2. The molecule has 0 aliphatic heterocycles. The van der Waals surface area contributed by atoms with Gasteiger partial charge in [-0.15, -0.1) is 0 Å². The topological polar surface area (TPSA) is 34.1 Å². The number of hydrogen-bond acceptors (Lipinski definition) is 2. The molecule has 0 unspecified atom stereocenters. The van der Waals surface area contributed by atoms with Gasteiger partial charge in [0.15, 0.2) is 0 Å². The lowest BCUT2D eigenvalue weighted by molar-refractivity contribution is 0.486. The number of rotatable bonds is 4. The molecule has 0 aliphatic carbocycles. The summed E-state index contributed by atoms with van der Waals surface area (Å²) in [5.74, 6) is 0. The molecule has 0 saturated heterocycles. The van der Waals surface area contributed by atoms with Crippen LogP contribution in [0, 0.1) is 0 Å². The maximum Gasteiger partial charge on any atom is 0.206 e. The first-order valence-electron chi connectivity index (χ1n) is 7.51. The normalized spacial score (nSPS) is 13.1. The van der Waals surface area contributed by atoms with Crippen LogP contribution in [0.3, 0.4) is 0 Å². The largest absolute Gasteiger partial charge is 0.298 e. The van der Waals surface area contributed by atoms with Gasteiger partial charge in [-0.1, -0.05) is 0 Å². The fraction of sp³-hybridized carbons (Fsp3) is 0.333. The van der Waals surface area contributed by atoms with Gasteiger partial charge in [0, 0.05) is 24.3 Å². The third-order valence-electron chi connectivity index (χ3n) is 3.84. The van der Waals surface area contributed by atoms with Crippen molar-refractivity contribution in [3.8, 4) is 0 Å². The second-order valence-electron chi connectivity index (χ2n) is 7.52. The van der Waals surface area contributed by atoms with Gasteiger partial charge < -0.3 is 0 Å². The molecule has 0 heterocycles. The predicted octanol–water partition coefficient (Wildman–Crippen LogP) is 2.91.